The summed E-state index contributed by atoms with van der Waals surface area (Å²) in [5.74, 6) is -0.439. The Morgan fingerprint density at radius 1 is 1.28 bits per heavy atom. The Bertz CT molecular complexity index is 1030. The molecule has 3 rings (SSSR count). The number of aromatic nitrogens is 4. The highest BCUT2D eigenvalue weighted by molar-refractivity contribution is 7.91. The predicted molar refractivity (Wildman–Crippen MR) is 92.7 cm³/mol. The Kier molecular flexibility index (Phi) is 4.36. The Morgan fingerprint density at radius 3 is 2.72 bits per heavy atom. The summed E-state index contributed by atoms with van der Waals surface area (Å²) < 4.78 is 26.3. The van der Waals surface area contributed by atoms with Crippen LogP contribution in [0.1, 0.15) is 17.4 Å². The number of carbonyl (C=O) groups is 1. The quantitative estimate of drug-likeness (QED) is 0.698. The van der Waals surface area contributed by atoms with Crippen molar-refractivity contribution >= 4 is 27.5 Å². The highest BCUT2D eigenvalue weighted by Crippen LogP contribution is 2.22. The van der Waals surface area contributed by atoms with Gasteiger partial charge in [0.25, 0.3) is 11.9 Å². The SMILES string of the molecule is CCNC(=O)c1cc(-c2cccnc2)cc2nc(NS(C)(=O)=O)nn12. The normalized spacial score (nSPS) is 11.4. The maximum Gasteiger partial charge on any atom is 0.270 e. The molecular formula is C15H16N6O3S. The Labute approximate surface area is 144 Å². The van der Waals surface area contributed by atoms with Crippen LogP contribution in [0.15, 0.2) is 36.7 Å². The highest BCUT2D eigenvalue weighted by Gasteiger charge is 2.17. The molecule has 0 unspecified atom stereocenters. The van der Waals surface area contributed by atoms with Gasteiger partial charge in [0.05, 0.1) is 6.26 Å². The lowest BCUT2D eigenvalue weighted by Gasteiger charge is -2.07. The third kappa shape index (κ3) is 3.74. The minimum atomic E-state index is -3.53. The zero-order chi connectivity index (χ0) is 18.0. The number of anilines is 1. The second-order valence-electron chi connectivity index (χ2n) is 5.31. The molecule has 9 nitrogen and oxygen atoms in total. The Balaban J connectivity index is 2.19. The molecular weight excluding hydrogens is 344 g/mol. The molecule has 0 saturated heterocycles. The molecule has 0 aliphatic heterocycles. The van der Waals surface area contributed by atoms with E-state index in [1.165, 1.54) is 4.52 Å². The first-order valence-corrected chi connectivity index (χ1v) is 9.34. The number of hydrogen-bond donors (Lipinski definition) is 2. The van der Waals surface area contributed by atoms with Crippen molar-refractivity contribution in [3.63, 3.8) is 0 Å². The average Bonchev–Trinajstić information content (AvgIpc) is 2.95. The van der Waals surface area contributed by atoms with E-state index in [-0.39, 0.29) is 17.5 Å². The van der Waals surface area contributed by atoms with Gasteiger partial charge < -0.3 is 5.32 Å². The first-order chi connectivity index (χ1) is 11.9. The van der Waals surface area contributed by atoms with E-state index < -0.39 is 10.0 Å². The fourth-order valence-electron chi connectivity index (χ4n) is 2.31. The monoisotopic (exact) mass is 360 g/mol. The molecule has 2 N–H and O–H groups in total. The summed E-state index contributed by atoms with van der Waals surface area (Å²) in [7, 11) is -3.53. The summed E-state index contributed by atoms with van der Waals surface area (Å²) in [5, 5.41) is 6.78. The second kappa shape index (κ2) is 6.48. The van der Waals surface area contributed by atoms with Crippen molar-refractivity contribution in [2.24, 2.45) is 0 Å². The van der Waals surface area contributed by atoms with Crippen LogP contribution in [0, 0.1) is 0 Å². The number of sulfonamides is 1. The van der Waals surface area contributed by atoms with E-state index in [9.17, 15) is 13.2 Å². The molecule has 0 aromatic carbocycles. The number of carbonyl (C=O) groups excluding carboxylic acids is 1. The van der Waals surface area contributed by atoms with Crippen LogP contribution in [-0.4, -0.2) is 46.7 Å². The molecule has 3 aromatic heterocycles. The van der Waals surface area contributed by atoms with E-state index in [2.05, 4.69) is 25.1 Å². The van der Waals surface area contributed by atoms with Gasteiger partial charge in [0.15, 0.2) is 5.65 Å². The maximum atomic E-state index is 12.4. The van der Waals surface area contributed by atoms with Gasteiger partial charge in [-0.3, -0.25) is 14.5 Å². The van der Waals surface area contributed by atoms with Crippen molar-refractivity contribution in [1.82, 2.24) is 24.9 Å². The lowest BCUT2D eigenvalue weighted by Crippen LogP contribution is -2.25. The molecule has 0 saturated carbocycles. The summed E-state index contributed by atoms with van der Waals surface area (Å²) in [6, 6.07) is 7.01. The van der Waals surface area contributed by atoms with Gasteiger partial charge in [-0.05, 0) is 30.7 Å². The Hall–Kier alpha value is -3.01. The third-order valence-corrected chi connectivity index (χ3v) is 3.83. The lowest BCUT2D eigenvalue weighted by molar-refractivity contribution is 0.0948. The van der Waals surface area contributed by atoms with Crippen LogP contribution in [0.5, 0.6) is 0 Å². The molecule has 25 heavy (non-hydrogen) atoms. The molecule has 3 aromatic rings. The second-order valence-corrected chi connectivity index (χ2v) is 7.06. The summed E-state index contributed by atoms with van der Waals surface area (Å²) in [4.78, 5) is 20.6. The molecule has 0 aliphatic rings. The minimum Gasteiger partial charge on any atom is -0.351 e. The number of amides is 1. The molecule has 0 fully saturated rings. The molecule has 0 radical (unpaired) electrons. The van der Waals surface area contributed by atoms with E-state index in [4.69, 9.17) is 0 Å². The van der Waals surface area contributed by atoms with Gasteiger partial charge in [-0.15, -0.1) is 5.10 Å². The molecule has 1 amide bonds. The van der Waals surface area contributed by atoms with E-state index in [0.29, 0.717) is 12.2 Å². The minimum absolute atomic E-state index is 0.101. The summed E-state index contributed by atoms with van der Waals surface area (Å²) in [5.41, 5.74) is 2.11. The number of fused-ring (bicyclic) bond motifs is 1. The van der Waals surface area contributed by atoms with Crippen LogP contribution in [0.2, 0.25) is 0 Å². The van der Waals surface area contributed by atoms with Crippen LogP contribution < -0.4 is 10.0 Å². The van der Waals surface area contributed by atoms with Gasteiger partial charge >= 0.3 is 0 Å². The third-order valence-electron chi connectivity index (χ3n) is 3.28. The first kappa shape index (κ1) is 16.8. The van der Waals surface area contributed by atoms with Crippen molar-refractivity contribution in [1.29, 1.82) is 0 Å². The highest BCUT2D eigenvalue weighted by atomic mass is 32.2. The van der Waals surface area contributed by atoms with Gasteiger partial charge in [-0.1, -0.05) is 6.07 Å². The zero-order valence-corrected chi connectivity index (χ0v) is 14.4. The topological polar surface area (TPSA) is 118 Å². The fraction of sp³-hybridized carbons (Fsp3) is 0.200. The summed E-state index contributed by atoms with van der Waals surface area (Å²) in [6.45, 7) is 2.25. The van der Waals surface area contributed by atoms with E-state index in [1.807, 2.05) is 6.07 Å². The predicted octanol–water partition coefficient (Wildman–Crippen LogP) is 0.912. The molecule has 0 bridgehead atoms. The van der Waals surface area contributed by atoms with Crippen LogP contribution in [0.4, 0.5) is 5.95 Å². The standard InChI is InChI=1S/C15H16N6O3S/c1-3-17-14(22)12-7-11(10-5-4-6-16-9-10)8-13-18-15(19-21(12)13)20-25(2,23)24/h4-9H,3H2,1-2H3,(H,17,22)(H,19,20). The molecule has 3 heterocycles. The van der Waals surface area contributed by atoms with E-state index in [0.717, 1.165) is 17.4 Å². The van der Waals surface area contributed by atoms with Crippen LogP contribution >= 0.6 is 0 Å². The van der Waals surface area contributed by atoms with Gasteiger partial charge in [0.1, 0.15) is 5.69 Å². The van der Waals surface area contributed by atoms with Gasteiger partial charge in [-0.2, -0.15) is 4.98 Å². The molecule has 0 spiro atoms. The van der Waals surface area contributed by atoms with E-state index in [1.54, 1.807) is 37.5 Å². The lowest BCUT2D eigenvalue weighted by atomic mass is 10.1. The van der Waals surface area contributed by atoms with Crippen molar-refractivity contribution in [3.8, 4) is 11.1 Å². The molecule has 10 heteroatoms. The van der Waals surface area contributed by atoms with Crippen molar-refractivity contribution < 1.29 is 13.2 Å². The number of hydrogen-bond acceptors (Lipinski definition) is 6. The van der Waals surface area contributed by atoms with Crippen LogP contribution in [0.3, 0.4) is 0 Å². The van der Waals surface area contributed by atoms with Crippen LogP contribution in [0.25, 0.3) is 16.8 Å². The Morgan fingerprint density at radius 2 is 2.08 bits per heavy atom. The summed E-state index contributed by atoms with van der Waals surface area (Å²) >= 11 is 0. The number of rotatable bonds is 5. The molecule has 0 aliphatic carbocycles. The van der Waals surface area contributed by atoms with Crippen molar-refractivity contribution in [2.45, 2.75) is 6.92 Å². The smallest absolute Gasteiger partial charge is 0.270 e. The number of nitrogens with zero attached hydrogens (tertiary/aromatic N) is 4. The average molecular weight is 360 g/mol. The fourth-order valence-corrected chi connectivity index (χ4v) is 2.72. The van der Waals surface area contributed by atoms with Gasteiger partial charge in [-0.25, -0.2) is 12.9 Å². The maximum absolute atomic E-state index is 12.4. The zero-order valence-electron chi connectivity index (χ0n) is 13.6. The number of nitrogens with one attached hydrogen (secondary N) is 2. The molecule has 0 atom stereocenters. The summed E-state index contributed by atoms with van der Waals surface area (Å²) in [6.07, 6.45) is 4.32. The molecule has 130 valence electrons. The van der Waals surface area contributed by atoms with Gasteiger partial charge in [0, 0.05) is 24.5 Å². The van der Waals surface area contributed by atoms with Gasteiger partial charge in [0.2, 0.25) is 10.0 Å². The largest absolute Gasteiger partial charge is 0.351 e. The van der Waals surface area contributed by atoms with Crippen molar-refractivity contribution in [3.05, 3.63) is 42.4 Å². The van der Waals surface area contributed by atoms with Crippen molar-refractivity contribution in [2.75, 3.05) is 17.5 Å². The first-order valence-electron chi connectivity index (χ1n) is 7.44. The number of pyridine rings is 2. The van der Waals surface area contributed by atoms with Crippen LogP contribution in [-0.2, 0) is 10.0 Å². The van der Waals surface area contributed by atoms with E-state index >= 15 is 0 Å².